The minimum absolute atomic E-state index is 0.119. The van der Waals surface area contributed by atoms with Crippen LogP contribution in [-0.4, -0.2) is 23.8 Å². The Morgan fingerprint density at radius 3 is 2.53 bits per heavy atom. The molecule has 2 rings (SSSR count). The summed E-state index contributed by atoms with van der Waals surface area (Å²) in [6.07, 6.45) is 5.08. The molecule has 1 saturated carbocycles. The summed E-state index contributed by atoms with van der Waals surface area (Å²) in [6, 6.07) is 9.50. The van der Waals surface area contributed by atoms with Crippen LogP contribution < -0.4 is 4.84 Å². The number of hydroxylamine groups is 2. The summed E-state index contributed by atoms with van der Waals surface area (Å²) in [5, 5.41) is 1.41. The first-order valence-corrected chi connectivity index (χ1v) is 7.00. The van der Waals surface area contributed by atoms with Crippen LogP contribution in [0.5, 0.6) is 5.75 Å². The number of ether oxygens (including phenoxy) is 1. The van der Waals surface area contributed by atoms with Crippen LogP contribution in [0.1, 0.15) is 39.0 Å². The Hall–Kier alpha value is -1.71. The molecule has 0 heterocycles. The molecule has 0 N–H and O–H groups in total. The Morgan fingerprint density at radius 1 is 1.21 bits per heavy atom. The van der Waals surface area contributed by atoms with Crippen molar-refractivity contribution in [3.63, 3.8) is 0 Å². The lowest BCUT2D eigenvalue weighted by atomic mass is 9.95. The molecule has 0 radical (unpaired) electrons. The van der Waals surface area contributed by atoms with Crippen LogP contribution in [0.2, 0.25) is 0 Å². The molecule has 1 aliphatic carbocycles. The van der Waals surface area contributed by atoms with Gasteiger partial charge in [-0.1, -0.05) is 37.5 Å². The predicted molar refractivity (Wildman–Crippen MR) is 72.8 cm³/mol. The van der Waals surface area contributed by atoms with E-state index in [1.165, 1.54) is 11.5 Å². The van der Waals surface area contributed by atoms with Crippen molar-refractivity contribution in [3.8, 4) is 5.75 Å². The van der Waals surface area contributed by atoms with E-state index >= 15 is 0 Å². The molecule has 4 nitrogen and oxygen atoms in total. The summed E-state index contributed by atoms with van der Waals surface area (Å²) in [4.78, 5) is 17.8. The molecule has 0 spiro atoms. The molecule has 19 heavy (non-hydrogen) atoms. The lowest BCUT2D eigenvalue weighted by Gasteiger charge is -2.32. The highest BCUT2D eigenvalue weighted by Crippen LogP contribution is 2.24. The Morgan fingerprint density at radius 2 is 1.89 bits per heavy atom. The molecule has 1 aliphatic rings. The van der Waals surface area contributed by atoms with Gasteiger partial charge in [0.2, 0.25) is 0 Å². The van der Waals surface area contributed by atoms with Crippen molar-refractivity contribution in [2.24, 2.45) is 0 Å². The van der Waals surface area contributed by atoms with Crippen LogP contribution in [0.25, 0.3) is 0 Å². The third kappa shape index (κ3) is 3.88. The molecule has 0 bridgehead atoms. The lowest BCUT2D eigenvalue weighted by Crippen LogP contribution is -2.44. The number of para-hydroxylation sites is 1. The molecule has 4 heteroatoms. The fraction of sp³-hybridized carbons (Fsp3) is 0.533. The zero-order chi connectivity index (χ0) is 13.5. The zero-order valence-corrected chi connectivity index (χ0v) is 11.4. The first kappa shape index (κ1) is 13.7. The highest BCUT2D eigenvalue weighted by molar-refractivity contribution is 5.67. The SMILES string of the molecule is CCOC(=O)N(Oc1ccccc1)C1CCCCC1. The maximum Gasteiger partial charge on any atom is 0.443 e. The van der Waals surface area contributed by atoms with Crippen LogP contribution in [0.15, 0.2) is 30.3 Å². The first-order chi connectivity index (χ1) is 9.31. The zero-order valence-electron chi connectivity index (χ0n) is 11.4. The quantitative estimate of drug-likeness (QED) is 0.776. The van der Waals surface area contributed by atoms with Gasteiger partial charge in [0.1, 0.15) is 0 Å². The topological polar surface area (TPSA) is 38.8 Å². The summed E-state index contributed by atoms with van der Waals surface area (Å²) in [7, 11) is 0. The number of rotatable bonds is 4. The third-order valence-electron chi connectivity index (χ3n) is 3.30. The molecular formula is C15H21NO3. The van der Waals surface area contributed by atoms with Gasteiger partial charge in [0.25, 0.3) is 0 Å². The number of hydrogen-bond acceptors (Lipinski definition) is 3. The molecule has 0 unspecified atom stereocenters. The lowest BCUT2D eigenvalue weighted by molar-refractivity contribution is -0.0856. The van der Waals surface area contributed by atoms with Crippen molar-refractivity contribution in [2.45, 2.75) is 45.1 Å². The highest BCUT2D eigenvalue weighted by Gasteiger charge is 2.28. The van der Waals surface area contributed by atoms with E-state index in [0.29, 0.717) is 12.4 Å². The molecule has 1 fully saturated rings. The third-order valence-corrected chi connectivity index (χ3v) is 3.30. The van der Waals surface area contributed by atoms with Crippen LogP contribution in [-0.2, 0) is 4.74 Å². The number of benzene rings is 1. The molecular weight excluding hydrogens is 242 g/mol. The van der Waals surface area contributed by atoms with Crippen LogP contribution in [0.4, 0.5) is 4.79 Å². The summed E-state index contributed by atoms with van der Waals surface area (Å²) in [5.41, 5.74) is 0. The van der Waals surface area contributed by atoms with Gasteiger partial charge in [0.15, 0.2) is 5.75 Å². The van der Waals surface area contributed by atoms with Gasteiger partial charge in [-0.3, -0.25) is 0 Å². The second-order valence-electron chi connectivity index (χ2n) is 4.72. The summed E-state index contributed by atoms with van der Waals surface area (Å²) in [5.74, 6) is 0.668. The number of amides is 1. The van der Waals surface area contributed by atoms with Gasteiger partial charge in [0.05, 0.1) is 12.6 Å². The first-order valence-electron chi connectivity index (χ1n) is 7.00. The molecule has 0 atom stereocenters. The summed E-state index contributed by atoms with van der Waals surface area (Å²) in [6.45, 7) is 2.17. The van der Waals surface area contributed by atoms with Crippen molar-refractivity contribution in [1.82, 2.24) is 5.06 Å². The molecule has 1 aromatic rings. The number of carbonyl (C=O) groups is 1. The minimum Gasteiger partial charge on any atom is -0.448 e. The van der Waals surface area contributed by atoms with Crippen molar-refractivity contribution in [1.29, 1.82) is 0 Å². The van der Waals surface area contributed by atoms with Crippen LogP contribution in [0.3, 0.4) is 0 Å². The smallest absolute Gasteiger partial charge is 0.443 e. The normalized spacial score (nSPS) is 15.8. The molecule has 1 amide bonds. The number of hydrogen-bond donors (Lipinski definition) is 0. The number of carbonyl (C=O) groups excluding carboxylic acids is 1. The van der Waals surface area contributed by atoms with E-state index in [4.69, 9.17) is 9.57 Å². The van der Waals surface area contributed by atoms with Crippen molar-refractivity contribution >= 4 is 6.09 Å². The van der Waals surface area contributed by atoms with E-state index in [2.05, 4.69) is 0 Å². The van der Waals surface area contributed by atoms with E-state index in [-0.39, 0.29) is 6.04 Å². The largest absolute Gasteiger partial charge is 0.448 e. The summed E-state index contributed by atoms with van der Waals surface area (Å²) < 4.78 is 5.09. The molecule has 0 aromatic heterocycles. The summed E-state index contributed by atoms with van der Waals surface area (Å²) >= 11 is 0. The molecule has 0 saturated heterocycles. The molecule has 1 aromatic carbocycles. The average Bonchev–Trinajstić information content (AvgIpc) is 2.47. The Bertz CT molecular complexity index is 388. The second kappa shape index (κ2) is 7.02. The van der Waals surface area contributed by atoms with Gasteiger partial charge < -0.3 is 9.57 Å². The van der Waals surface area contributed by atoms with E-state index in [1.807, 2.05) is 30.3 Å². The van der Waals surface area contributed by atoms with Crippen molar-refractivity contribution in [3.05, 3.63) is 30.3 Å². The highest BCUT2D eigenvalue weighted by atomic mass is 16.7. The predicted octanol–water partition coefficient (Wildman–Crippen LogP) is 3.77. The van der Waals surface area contributed by atoms with Crippen molar-refractivity contribution < 1.29 is 14.4 Å². The van der Waals surface area contributed by atoms with E-state index < -0.39 is 6.09 Å². The van der Waals surface area contributed by atoms with Gasteiger partial charge in [-0.15, -0.1) is 5.06 Å². The van der Waals surface area contributed by atoms with Crippen LogP contribution in [0, 0.1) is 0 Å². The Kier molecular flexibility index (Phi) is 5.07. The monoisotopic (exact) mass is 263 g/mol. The van der Waals surface area contributed by atoms with Crippen LogP contribution >= 0.6 is 0 Å². The van der Waals surface area contributed by atoms with Gasteiger partial charge in [-0.05, 0) is 31.9 Å². The molecule has 104 valence electrons. The number of nitrogens with zero attached hydrogens (tertiary/aromatic N) is 1. The Labute approximate surface area is 114 Å². The fourth-order valence-electron chi connectivity index (χ4n) is 2.36. The van der Waals surface area contributed by atoms with Gasteiger partial charge in [-0.25, -0.2) is 4.79 Å². The maximum atomic E-state index is 12.0. The standard InChI is InChI=1S/C15H21NO3/c1-2-18-15(17)16(13-9-5-3-6-10-13)19-14-11-7-4-8-12-14/h4,7-8,11-13H,2-3,5-6,9-10H2,1H3. The van der Waals surface area contributed by atoms with Gasteiger partial charge in [-0.2, -0.15) is 0 Å². The van der Waals surface area contributed by atoms with E-state index in [9.17, 15) is 4.79 Å². The Balaban J connectivity index is 2.06. The van der Waals surface area contributed by atoms with E-state index in [1.54, 1.807) is 6.92 Å². The average molecular weight is 263 g/mol. The van der Waals surface area contributed by atoms with Crippen molar-refractivity contribution in [2.75, 3.05) is 6.61 Å². The second-order valence-corrected chi connectivity index (χ2v) is 4.72. The van der Waals surface area contributed by atoms with Gasteiger partial charge in [0, 0.05) is 0 Å². The fourth-order valence-corrected chi connectivity index (χ4v) is 2.36. The molecule has 0 aliphatic heterocycles. The maximum absolute atomic E-state index is 12.0. The minimum atomic E-state index is -0.391. The van der Waals surface area contributed by atoms with Gasteiger partial charge >= 0.3 is 6.09 Å². The van der Waals surface area contributed by atoms with E-state index in [0.717, 1.165) is 25.7 Å².